The first-order valence-corrected chi connectivity index (χ1v) is 6.12. The second-order valence-corrected chi connectivity index (χ2v) is 4.43. The summed E-state index contributed by atoms with van der Waals surface area (Å²) in [5.74, 6) is 0.868. The van der Waals surface area contributed by atoms with E-state index in [1.54, 1.807) is 6.20 Å². The predicted octanol–water partition coefficient (Wildman–Crippen LogP) is 2.45. The molecule has 1 heterocycles. The van der Waals surface area contributed by atoms with Crippen molar-refractivity contribution < 1.29 is 4.39 Å². The lowest BCUT2D eigenvalue weighted by molar-refractivity contribution is 0.562. The minimum atomic E-state index is -0.195. The molecule has 0 amide bonds. The van der Waals surface area contributed by atoms with E-state index in [1.165, 1.54) is 12.1 Å². The second kappa shape index (κ2) is 5.78. The van der Waals surface area contributed by atoms with Gasteiger partial charge in [-0.05, 0) is 24.6 Å². The van der Waals surface area contributed by atoms with Crippen molar-refractivity contribution in [3.05, 3.63) is 53.9 Å². The summed E-state index contributed by atoms with van der Waals surface area (Å²) >= 11 is 0. The summed E-state index contributed by atoms with van der Waals surface area (Å²) in [6.45, 7) is 2.93. The number of halogens is 1. The van der Waals surface area contributed by atoms with Gasteiger partial charge < -0.3 is 9.88 Å². The highest BCUT2D eigenvalue weighted by atomic mass is 19.1. The first-order valence-electron chi connectivity index (χ1n) is 6.12. The monoisotopic (exact) mass is 247 g/mol. The Balaban J connectivity index is 1.83. The van der Waals surface area contributed by atoms with Crippen LogP contribution in [-0.4, -0.2) is 16.1 Å². The van der Waals surface area contributed by atoms with Crippen LogP contribution in [0.15, 0.2) is 36.7 Å². The molecular weight excluding hydrogens is 229 g/mol. The van der Waals surface area contributed by atoms with Crippen molar-refractivity contribution in [3.63, 3.8) is 0 Å². The molecule has 0 unspecified atom stereocenters. The molecule has 0 saturated carbocycles. The molecule has 0 saturated heterocycles. The maximum atomic E-state index is 12.8. The Morgan fingerprint density at radius 3 is 2.67 bits per heavy atom. The molecule has 3 nitrogen and oxygen atoms in total. The third-order valence-electron chi connectivity index (χ3n) is 3.09. The molecule has 0 spiro atoms. The van der Waals surface area contributed by atoms with E-state index in [2.05, 4.69) is 17.2 Å². The van der Waals surface area contributed by atoms with Crippen LogP contribution in [0.25, 0.3) is 0 Å². The Morgan fingerprint density at radius 2 is 2.06 bits per heavy atom. The molecule has 2 rings (SSSR count). The molecule has 1 aromatic heterocycles. The lowest BCUT2D eigenvalue weighted by atomic mass is 10.1. The third-order valence-corrected chi connectivity index (χ3v) is 3.09. The van der Waals surface area contributed by atoms with Crippen LogP contribution in [0.5, 0.6) is 0 Å². The number of hydrogen-bond acceptors (Lipinski definition) is 2. The normalized spacial score (nSPS) is 12.6. The lowest BCUT2D eigenvalue weighted by Crippen LogP contribution is -2.22. The van der Waals surface area contributed by atoms with E-state index in [1.807, 2.05) is 29.9 Å². The van der Waals surface area contributed by atoms with Gasteiger partial charge in [-0.1, -0.05) is 12.1 Å². The number of aromatic nitrogens is 2. The van der Waals surface area contributed by atoms with Crippen molar-refractivity contribution in [2.45, 2.75) is 19.4 Å². The minimum absolute atomic E-state index is 0.195. The van der Waals surface area contributed by atoms with Gasteiger partial charge in [0, 0.05) is 38.4 Å². The van der Waals surface area contributed by atoms with Crippen molar-refractivity contribution in [2.24, 2.45) is 7.05 Å². The van der Waals surface area contributed by atoms with Gasteiger partial charge in [-0.15, -0.1) is 0 Å². The van der Waals surface area contributed by atoms with E-state index in [9.17, 15) is 4.39 Å². The Hall–Kier alpha value is -1.68. The number of rotatable bonds is 5. The highest BCUT2D eigenvalue weighted by Crippen LogP contribution is 2.12. The molecule has 0 aliphatic carbocycles. The van der Waals surface area contributed by atoms with Gasteiger partial charge >= 0.3 is 0 Å². The van der Waals surface area contributed by atoms with Crippen molar-refractivity contribution in [2.75, 3.05) is 6.54 Å². The zero-order chi connectivity index (χ0) is 13.0. The SMILES string of the molecule is C[C@H](NCCc1nccn1C)c1ccc(F)cc1. The van der Waals surface area contributed by atoms with Gasteiger partial charge in [0.15, 0.2) is 0 Å². The van der Waals surface area contributed by atoms with Gasteiger partial charge in [0.05, 0.1) is 0 Å². The van der Waals surface area contributed by atoms with E-state index in [4.69, 9.17) is 0 Å². The molecular formula is C14H18FN3. The molecule has 0 aliphatic rings. The van der Waals surface area contributed by atoms with Gasteiger partial charge in [0.1, 0.15) is 11.6 Å². The number of nitrogens with one attached hydrogen (secondary N) is 1. The number of benzene rings is 1. The molecule has 1 N–H and O–H groups in total. The van der Waals surface area contributed by atoms with Gasteiger partial charge in [-0.2, -0.15) is 0 Å². The number of hydrogen-bond donors (Lipinski definition) is 1. The van der Waals surface area contributed by atoms with E-state index in [0.717, 1.165) is 24.4 Å². The maximum absolute atomic E-state index is 12.8. The summed E-state index contributed by atoms with van der Waals surface area (Å²) in [5.41, 5.74) is 1.09. The zero-order valence-corrected chi connectivity index (χ0v) is 10.7. The fraction of sp³-hybridized carbons (Fsp3) is 0.357. The smallest absolute Gasteiger partial charge is 0.123 e. The summed E-state index contributed by atoms with van der Waals surface area (Å²) in [4.78, 5) is 4.27. The van der Waals surface area contributed by atoms with Crippen LogP contribution in [0, 0.1) is 5.82 Å². The number of aryl methyl sites for hydroxylation is 1. The van der Waals surface area contributed by atoms with Crippen LogP contribution < -0.4 is 5.32 Å². The molecule has 4 heteroatoms. The van der Waals surface area contributed by atoms with Crippen LogP contribution in [0.4, 0.5) is 4.39 Å². The van der Waals surface area contributed by atoms with E-state index in [-0.39, 0.29) is 11.9 Å². The summed E-state index contributed by atoms with van der Waals surface area (Å²) in [7, 11) is 1.99. The molecule has 1 atom stereocenters. The first-order chi connectivity index (χ1) is 8.66. The van der Waals surface area contributed by atoms with Crippen molar-refractivity contribution in [3.8, 4) is 0 Å². The molecule has 18 heavy (non-hydrogen) atoms. The summed E-state index contributed by atoms with van der Waals surface area (Å²) in [5, 5.41) is 3.41. The van der Waals surface area contributed by atoms with Gasteiger partial charge in [-0.3, -0.25) is 0 Å². The van der Waals surface area contributed by atoms with Crippen molar-refractivity contribution in [1.82, 2.24) is 14.9 Å². The van der Waals surface area contributed by atoms with Gasteiger partial charge in [-0.25, -0.2) is 9.37 Å². The fourth-order valence-electron chi connectivity index (χ4n) is 1.91. The summed E-state index contributed by atoms with van der Waals surface area (Å²) < 4.78 is 14.8. The fourth-order valence-corrected chi connectivity index (χ4v) is 1.91. The van der Waals surface area contributed by atoms with Crippen LogP contribution in [0.2, 0.25) is 0 Å². The van der Waals surface area contributed by atoms with E-state index >= 15 is 0 Å². The van der Waals surface area contributed by atoms with Gasteiger partial charge in [0.25, 0.3) is 0 Å². The molecule has 0 bridgehead atoms. The van der Waals surface area contributed by atoms with Gasteiger partial charge in [0.2, 0.25) is 0 Å². The van der Waals surface area contributed by atoms with Crippen LogP contribution in [0.1, 0.15) is 24.4 Å². The highest BCUT2D eigenvalue weighted by Gasteiger charge is 2.05. The molecule has 1 aromatic carbocycles. The summed E-state index contributed by atoms with van der Waals surface area (Å²) in [6.07, 6.45) is 4.63. The third kappa shape index (κ3) is 3.17. The quantitative estimate of drug-likeness (QED) is 0.879. The van der Waals surface area contributed by atoms with Crippen molar-refractivity contribution >= 4 is 0 Å². The van der Waals surface area contributed by atoms with Crippen molar-refractivity contribution in [1.29, 1.82) is 0 Å². The molecule has 2 aromatic rings. The molecule has 0 aliphatic heterocycles. The zero-order valence-electron chi connectivity index (χ0n) is 10.7. The molecule has 0 fully saturated rings. The van der Waals surface area contributed by atoms with Crippen LogP contribution in [-0.2, 0) is 13.5 Å². The largest absolute Gasteiger partial charge is 0.338 e. The number of nitrogens with zero attached hydrogens (tertiary/aromatic N) is 2. The standard InChI is InChI=1S/C14H18FN3/c1-11(12-3-5-13(15)6-4-12)16-8-7-14-17-9-10-18(14)2/h3-6,9-11,16H,7-8H2,1-2H3/t11-/m0/s1. The second-order valence-electron chi connectivity index (χ2n) is 4.43. The predicted molar refractivity (Wildman–Crippen MR) is 69.7 cm³/mol. The van der Waals surface area contributed by atoms with Crippen LogP contribution in [0.3, 0.4) is 0 Å². The van der Waals surface area contributed by atoms with E-state index < -0.39 is 0 Å². The summed E-state index contributed by atoms with van der Waals surface area (Å²) in [6, 6.07) is 6.82. The average molecular weight is 247 g/mol. The number of imidazole rings is 1. The van der Waals surface area contributed by atoms with Crippen LogP contribution >= 0.6 is 0 Å². The van der Waals surface area contributed by atoms with E-state index in [0.29, 0.717) is 0 Å². The highest BCUT2D eigenvalue weighted by molar-refractivity contribution is 5.19. The molecule has 96 valence electrons. The topological polar surface area (TPSA) is 29.9 Å². The Bertz CT molecular complexity index is 490. The minimum Gasteiger partial charge on any atom is -0.338 e. The average Bonchev–Trinajstić information content (AvgIpc) is 2.76. The molecule has 0 radical (unpaired) electrons. The lowest BCUT2D eigenvalue weighted by Gasteiger charge is -2.14. The Labute approximate surface area is 107 Å². The Morgan fingerprint density at radius 1 is 1.33 bits per heavy atom. The first kappa shape index (κ1) is 12.8. The maximum Gasteiger partial charge on any atom is 0.123 e. The Kier molecular flexibility index (Phi) is 4.10.